The summed E-state index contributed by atoms with van der Waals surface area (Å²) in [6, 6.07) is 0.924. The van der Waals surface area contributed by atoms with Crippen LogP contribution in [0.5, 0.6) is 0 Å². The Labute approximate surface area is 88.7 Å². The van der Waals surface area contributed by atoms with E-state index in [0.717, 1.165) is 6.07 Å². The molecule has 0 amide bonds. The third-order valence-corrected chi connectivity index (χ3v) is 1.96. The maximum atomic E-state index is 12.3. The van der Waals surface area contributed by atoms with Crippen LogP contribution in [0.15, 0.2) is 6.07 Å². The van der Waals surface area contributed by atoms with E-state index in [1.807, 2.05) is 0 Å². The van der Waals surface area contributed by atoms with Crippen molar-refractivity contribution in [3.8, 4) is 0 Å². The van der Waals surface area contributed by atoms with Crippen molar-refractivity contribution in [3.05, 3.63) is 22.5 Å². The second kappa shape index (κ2) is 4.39. The van der Waals surface area contributed by atoms with Gasteiger partial charge in [0, 0.05) is 0 Å². The number of carboxylic acids is 1. The average Bonchev–Trinajstić information content (AvgIpc) is 2.11. The van der Waals surface area contributed by atoms with Crippen molar-refractivity contribution in [2.24, 2.45) is 0 Å². The molecule has 7 heteroatoms. The molecule has 0 bridgehead atoms. The Morgan fingerprint density at radius 1 is 1.67 bits per heavy atom. The largest absolute Gasteiger partial charge is 0.481 e. The van der Waals surface area contributed by atoms with Crippen molar-refractivity contribution in [1.29, 1.82) is 0 Å². The molecule has 0 radical (unpaired) electrons. The first-order valence-electron chi connectivity index (χ1n) is 3.86. The molecule has 0 fully saturated rings. The monoisotopic (exact) mass is 236 g/mol. The third kappa shape index (κ3) is 2.76. The number of aliphatic carboxylic acids is 1. The summed E-state index contributed by atoms with van der Waals surface area (Å²) >= 11 is 5.56. The second-order valence-corrected chi connectivity index (χ2v) is 3.17. The van der Waals surface area contributed by atoms with Crippen LogP contribution in [-0.4, -0.2) is 16.1 Å². The minimum absolute atomic E-state index is 0.0801. The topological polar surface area (TPSA) is 76.2 Å². The van der Waals surface area contributed by atoms with E-state index >= 15 is 0 Å². The second-order valence-electron chi connectivity index (χ2n) is 2.76. The van der Waals surface area contributed by atoms with Crippen LogP contribution in [0.1, 0.15) is 17.8 Å². The van der Waals surface area contributed by atoms with Gasteiger partial charge in [-0.25, -0.2) is 13.8 Å². The highest BCUT2D eigenvalue weighted by atomic mass is 35.5. The summed E-state index contributed by atoms with van der Waals surface area (Å²) in [6.45, 7) is 0. The molecule has 0 atom stereocenters. The summed E-state index contributed by atoms with van der Waals surface area (Å²) in [5.41, 5.74) is 4.59. The van der Waals surface area contributed by atoms with Crippen LogP contribution in [0.3, 0.4) is 0 Å². The van der Waals surface area contributed by atoms with Crippen molar-refractivity contribution in [2.75, 3.05) is 5.73 Å². The van der Waals surface area contributed by atoms with Gasteiger partial charge in [0.1, 0.15) is 5.69 Å². The van der Waals surface area contributed by atoms with Gasteiger partial charge < -0.3 is 10.8 Å². The Balaban J connectivity index is 3.18. The molecular weight excluding hydrogens is 230 g/mol. The fraction of sp³-hybridized carbons (Fsp3) is 0.250. The van der Waals surface area contributed by atoms with Crippen LogP contribution < -0.4 is 5.73 Å². The molecule has 1 aromatic heterocycles. The predicted molar refractivity (Wildman–Crippen MR) is 50.0 cm³/mol. The Morgan fingerprint density at radius 3 is 2.73 bits per heavy atom. The smallest absolute Gasteiger partial charge is 0.309 e. The van der Waals surface area contributed by atoms with Crippen LogP contribution in [-0.2, 0) is 11.2 Å². The Hall–Kier alpha value is -1.43. The van der Waals surface area contributed by atoms with Gasteiger partial charge in [-0.15, -0.1) is 0 Å². The molecule has 0 spiro atoms. The van der Waals surface area contributed by atoms with E-state index in [1.165, 1.54) is 0 Å². The fourth-order valence-corrected chi connectivity index (χ4v) is 1.20. The quantitative estimate of drug-likeness (QED) is 0.840. The van der Waals surface area contributed by atoms with Gasteiger partial charge in [-0.1, -0.05) is 11.6 Å². The highest BCUT2D eigenvalue weighted by Gasteiger charge is 2.16. The fourth-order valence-electron chi connectivity index (χ4n) is 0.984. The van der Waals surface area contributed by atoms with Crippen LogP contribution in [0.4, 0.5) is 14.5 Å². The van der Waals surface area contributed by atoms with E-state index < -0.39 is 24.5 Å². The Bertz CT molecular complexity index is 398. The lowest BCUT2D eigenvalue weighted by Gasteiger charge is -2.07. The molecule has 1 rings (SSSR count). The number of nitrogens with two attached hydrogens (primary N) is 1. The standard InChI is InChI=1S/C8H7ClF2N2O2/c9-3-1-5(8(10)11)13-4(7(3)12)2-6(14)15/h1,8H,2,12H2,(H,14,15). The molecule has 3 N–H and O–H groups in total. The van der Waals surface area contributed by atoms with Crippen molar-refractivity contribution < 1.29 is 18.7 Å². The number of carbonyl (C=O) groups is 1. The average molecular weight is 237 g/mol. The Morgan fingerprint density at radius 2 is 2.27 bits per heavy atom. The zero-order valence-corrected chi connectivity index (χ0v) is 8.13. The number of halogens is 3. The van der Waals surface area contributed by atoms with Gasteiger partial charge in [-0.3, -0.25) is 4.79 Å². The van der Waals surface area contributed by atoms with Gasteiger partial charge in [0.25, 0.3) is 6.43 Å². The number of nitrogen functional groups attached to an aromatic ring is 1. The van der Waals surface area contributed by atoms with Gasteiger partial charge in [-0.2, -0.15) is 0 Å². The van der Waals surface area contributed by atoms with Crippen LogP contribution in [0.2, 0.25) is 5.02 Å². The lowest BCUT2D eigenvalue weighted by molar-refractivity contribution is -0.136. The zero-order valence-electron chi connectivity index (χ0n) is 7.38. The summed E-state index contributed by atoms with van der Waals surface area (Å²) in [6.07, 6.45) is -3.35. The molecule has 0 aliphatic rings. The van der Waals surface area contributed by atoms with E-state index in [-0.39, 0.29) is 16.4 Å². The number of rotatable bonds is 3. The first-order chi connectivity index (χ1) is 6.91. The lowest BCUT2D eigenvalue weighted by atomic mass is 10.2. The molecule has 0 aromatic carbocycles. The summed E-state index contributed by atoms with van der Waals surface area (Å²) in [5, 5.41) is 8.37. The van der Waals surface area contributed by atoms with E-state index in [9.17, 15) is 13.6 Å². The van der Waals surface area contributed by atoms with E-state index in [4.69, 9.17) is 22.4 Å². The zero-order chi connectivity index (χ0) is 11.6. The molecule has 4 nitrogen and oxygen atoms in total. The molecule has 0 aliphatic heterocycles. The third-order valence-electron chi connectivity index (χ3n) is 1.65. The van der Waals surface area contributed by atoms with Crippen LogP contribution in [0, 0.1) is 0 Å². The molecule has 1 aromatic rings. The molecule has 15 heavy (non-hydrogen) atoms. The molecular formula is C8H7ClF2N2O2. The number of hydrogen-bond acceptors (Lipinski definition) is 3. The van der Waals surface area contributed by atoms with Crippen LogP contribution in [0.25, 0.3) is 0 Å². The first-order valence-corrected chi connectivity index (χ1v) is 4.24. The van der Waals surface area contributed by atoms with E-state index in [0.29, 0.717) is 0 Å². The molecule has 1 heterocycles. The highest BCUT2D eigenvalue weighted by molar-refractivity contribution is 6.33. The molecule has 0 unspecified atom stereocenters. The maximum absolute atomic E-state index is 12.3. The number of anilines is 1. The molecule has 0 aliphatic carbocycles. The number of aromatic nitrogens is 1. The lowest BCUT2D eigenvalue weighted by Crippen LogP contribution is -2.08. The van der Waals surface area contributed by atoms with Crippen molar-refractivity contribution in [1.82, 2.24) is 4.98 Å². The number of nitrogens with zero attached hydrogens (tertiary/aromatic N) is 1. The molecule has 82 valence electrons. The van der Waals surface area contributed by atoms with E-state index in [2.05, 4.69) is 4.98 Å². The van der Waals surface area contributed by atoms with Gasteiger partial charge in [-0.05, 0) is 6.07 Å². The summed E-state index contributed by atoms with van der Waals surface area (Å²) in [7, 11) is 0. The van der Waals surface area contributed by atoms with Gasteiger partial charge in [0.2, 0.25) is 0 Å². The maximum Gasteiger partial charge on any atom is 0.309 e. The number of pyridine rings is 1. The van der Waals surface area contributed by atoms with Crippen LogP contribution >= 0.6 is 11.6 Å². The Kier molecular flexibility index (Phi) is 3.41. The minimum atomic E-state index is -2.81. The van der Waals surface area contributed by atoms with Gasteiger partial charge in [0.15, 0.2) is 0 Å². The SMILES string of the molecule is Nc1c(Cl)cc(C(F)F)nc1CC(=O)O. The summed E-state index contributed by atoms with van der Waals surface area (Å²) in [4.78, 5) is 13.8. The first kappa shape index (κ1) is 11.6. The number of hydrogen-bond donors (Lipinski definition) is 2. The number of carboxylic acid groups (broad SMARTS) is 1. The summed E-state index contributed by atoms with van der Waals surface area (Å²) in [5.74, 6) is -1.21. The number of alkyl halides is 2. The van der Waals surface area contributed by atoms with Crippen molar-refractivity contribution in [2.45, 2.75) is 12.8 Å². The van der Waals surface area contributed by atoms with Crippen molar-refractivity contribution >= 4 is 23.3 Å². The van der Waals surface area contributed by atoms with Gasteiger partial charge >= 0.3 is 5.97 Å². The predicted octanol–water partition coefficient (Wildman–Crippen LogP) is 1.88. The summed E-state index contributed by atoms with van der Waals surface area (Å²) < 4.78 is 24.6. The van der Waals surface area contributed by atoms with Gasteiger partial charge in [0.05, 0.1) is 22.8 Å². The molecule has 0 saturated heterocycles. The normalized spacial score (nSPS) is 10.7. The van der Waals surface area contributed by atoms with Crippen molar-refractivity contribution in [3.63, 3.8) is 0 Å². The minimum Gasteiger partial charge on any atom is -0.481 e. The molecule has 0 saturated carbocycles. The highest BCUT2D eigenvalue weighted by Crippen LogP contribution is 2.27. The van der Waals surface area contributed by atoms with E-state index in [1.54, 1.807) is 0 Å².